The van der Waals surface area contributed by atoms with Gasteiger partial charge in [0.1, 0.15) is 17.5 Å². The molecule has 5 nitrogen and oxygen atoms in total. The molecule has 0 aliphatic heterocycles. The molecule has 0 fully saturated rings. The minimum Gasteiger partial charge on any atom is -0.456 e. The van der Waals surface area contributed by atoms with Crippen LogP contribution in [0.2, 0.25) is 5.02 Å². The molecule has 0 saturated carbocycles. The summed E-state index contributed by atoms with van der Waals surface area (Å²) < 4.78 is 11.6. The minimum atomic E-state index is -0.142. The molecule has 0 saturated heterocycles. The predicted octanol–water partition coefficient (Wildman–Crippen LogP) is 6.66. The molecule has 29 heavy (non-hydrogen) atoms. The summed E-state index contributed by atoms with van der Waals surface area (Å²) in [5.41, 5.74) is 3.01. The number of halogens is 1. The number of hydrogen-bond donors (Lipinski definition) is 1. The Morgan fingerprint density at radius 1 is 0.931 bits per heavy atom. The lowest BCUT2D eigenvalue weighted by molar-refractivity contribution is 0.482. The van der Waals surface area contributed by atoms with Crippen molar-refractivity contribution in [3.63, 3.8) is 0 Å². The van der Waals surface area contributed by atoms with Crippen LogP contribution in [0.15, 0.2) is 77.2 Å². The molecule has 0 bridgehead atoms. The molecule has 0 aliphatic carbocycles. The summed E-state index contributed by atoms with van der Waals surface area (Å²) in [6.07, 6.45) is 0. The van der Waals surface area contributed by atoms with Gasteiger partial charge in [-0.25, -0.2) is 0 Å². The Hall–Kier alpha value is -3.31. The molecule has 0 amide bonds. The Morgan fingerprint density at radius 3 is 2.38 bits per heavy atom. The summed E-state index contributed by atoms with van der Waals surface area (Å²) in [6.45, 7) is 4.01. The molecule has 1 unspecified atom stereocenters. The Balaban J connectivity index is 1.41. The number of nitrogens with one attached hydrogen (secondary N) is 1. The van der Waals surface area contributed by atoms with E-state index in [-0.39, 0.29) is 6.04 Å². The first-order valence-corrected chi connectivity index (χ1v) is 9.66. The standard InChI is InChI=1S/C23H20ClN3O2/c1-15-7-9-17(10-8-15)23-27-26-22(29-23)16(2)25-18-11-13-19(14-12-18)28-21-6-4-3-5-20(21)24/h3-14,16,25H,1-2H3. The first-order chi connectivity index (χ1) is 14.1. The van der Waals surface area contributed by atoms with E-state index in [0.717, 1.165) is 11.3 Å². The zero-order chi connectivity index (χ0) is 20.2. The van der Waals surface area contributed by atoms with E-state index in [1.54, 1.807) is 6.07 Å². The van der Waals surface area contributed by atoms with Gasteiger partial charge in [0.05, 0.1) is 5.02 Å². The van der Waals surface area contributed by atoms with Crippen LogP contribution in [0.25, 0.3) is 11.5 Å². The molecule has 1 heterocycles. The van der Waals surface area contributed by atoms with E-state index in [1.807, 2.05) is 80.6 Å². The van der Waals surface area contributed by atoms with Gasteiger partial charge in [0.25, 0.3) is 0 Å². The third-order valence-corrected chi connectivity index (χ3v) is 4.72. The second-order valence-corrected chi connectivity index (χ2v) is 7.14. The largest absolute Gasteiger partial charge is 0.456 e. The zero-order valence-corrected chi connectivity index (χ0v) is 16.9. The van der Waals surface area contributed by atoms with Gasteiger partial charge in [-0.1, -0.05) is 41.4 Å². The minimum absolute atomic E-state index is 0.142. The second-order valence-electron chi connectivity index (χ2n) is 6.73. The highest BCUT2D eigenvalue weighted by atomic mass is 35.5. The average molecular weight is 406 g/mol. The van der Waals surface area contributed by atoms with Crippen LogP contribution in [-0.4, -0.2) is 10.2 Å². The van der Waals surface area contributed by atoms with Crippen molar-refractivity contribution < 1.29 is 9.15 Å². The number of aryl methyl sites for hydroxylation is 1. The van der Waals surface area contributed by atoms with Crippen molar-refractivity contribution in [2.24, 2.45) is 0 Å². The first-order valence-electron chi connectivity index (χ1n) is 9.28. The Bertz CT molecular complexity index is 1090. The van der Waals surface area contributed by atoms with Gasteiger partial charge in [-0.15, -0.1) is 10.2 Å². The van der Waals surface area contributed by atoms with Gasteiger partial charge < -0.3 is 14.5 Å². The maximum atomic E-state index is 6.14. The maximum absolute atomic E-state index is 6.14. The fraction of sp³-hybridized carbons (Fsp3) is 0.130. The number of benzene rings is 3. The summed E-state index contributed by atoms with van der Waals surface area (Å²) in [5, 5.41) is 12.3. The van der Waals surface area contributed by atoms with E-state index in [0.29, 0.717) is 28.3 Å². The quantitative estimate of drug-likeness (QED) is 0.388. The number of aromatic nitrogens is 2. The summed E-state index contributed by atoms with van der Waals surface area (Å²) >= 11 is 6.14. The lowest BCUT2D eigenvalue weighted by atomic mass is 10.1. The predicted molar refractivity (Wildman–Crippen MR) is 114 cm³/mol. The smallest absolute Gasteiger partial charge is 0.247 e. The highest BCUT2D eigenvalue weighted by Gasteiger charge is 2.15. The topological polar surface area (TPSA) is 60.2 Å². The molecule has 3 aromatic carbocycles. The first kappa shape index (κ1) is 19.0. The van der Waals surface area contributed by atoms with Crippen molar-refractivity contribution in [2.45, 2.75) is 19.9 Å². The summed E-state index contributed by atoms with van der Waals surface area (Å²) in [7, 11) is 0. The third-order valence-electron chi connectivity index (χ3n) is 4.41. The Kier molecular flexibility index (Phi) is 5.49. The van der Waals surface area contributed by atoms with Crippen molar-refractivity contribution >= 4 is 17.3 Å². The van der Waals surface area contributed by atoms with E-state index in [1.165, 1.54) is 5.56 Å². The number of anilines is 1. The summed E-state index contributed by atoms with van der Waals surface area (Å²) in [4.78, 5) is 0. The number of hydrogen-bond acceptors (Lipinski definition) is 5. The van der Waals surface area contributed by atoms with Gasteiger partial charge in [0.2, 0.25) is 11.8 Å². The van der Waals surface area contributed by atoms with Crippen molar-refractivity contribution in [1.29, 1.82) is 0 Å². The SMILES string of the molecule is Cc1ccc(-c2nnc(C(C)Nc3ccc(Oc4ccccc4Cl)cc3)o2)cc1. The van der Waals surface area contributed by atoms with E-state index in [2.05, 4.69) is 15.5 Å². The molecule has 1 atom stereocenters. The third kappa shape index (κ3) is 4.58. The lowest BCUT2D eigenvalue weighted by Crippen LogP contribution is -2.06. The van der Waals surface area contributed by atoms with E-state index in [9.17, 15) is 0 Å². The van der Waals surface area contributed by atoms with Crippen molar-refractivity contribution in [2.75, 3.05) is 5.32 Å². The molecule has 1 aromatic heterocycles. The molecule has 0 spiro atoms. The van der Waals surface area contributed by atoms with E-state index < -0.39 is 0 Å². The Labute approximate surface area is 174 Å². The van der Waals surface area contributed by atoms with Gasteiger partial charge in [-0.05, 0) is 62.4 Å². The monoisotopic (exact) mass is 405 g/mol. The average Bonchev–Trinajstić information content (AvgIpc) is 3.22. The maximum Gasteiger partial charge on any atom is 0.247 e. The van der Waals surface area contributed by atoms with Gasteiger partial charge in [0, 0.05) is 11.3 Å². The van der Waals surface area contributed by atoms with Crippen LogP contribution in [-0.2, 0) is 0 Å². The van der Waals surface area contributed by atoms with Crippen molar-refractivity contribution in [3.05, 3.63) is 89.3 Å². The van der Waals surface area contributed by atoms with Crippen LogP contribution in [0.5, 0.6) is 11.5 Å². The number of para-hydroxylation sites is 1. The summed E-state index contributed by atoms with van der Waals surface area (Å²) in [5.74, 6) is 2.36. The van der Waals surface area contributed by atoms with Gasteiger partial charge in [-0.2, -0.15) is 0 Å². The molecule has 4 rings (SSSR count). The van der Waals surface area contributed by atoms with E-state index in [4.69, 9.17) is 20.8 Å². The van der Waals surface area contributed by atoms with Crippen LogP contribution < -0.4 is 10.1 Å². The van der Waals surface area contributed by atoms with Crippen LogP contribution >= 0.6 is 11.6 Å². The summed E-state index contributed by atoms with van der Waals surface area (Å²) in [6, 6.07) is 22.8. The zero-order valence-electron chi connectivity index (χ0n) is 16.1. The van der Waals surface area contributed by atoms with Gasteiger partial charge in [0.15, 0.2) is 0 Å². The Morgan fingerprint density at radius 2 is 1.66 bits per heavy atom. The molecular formula is C23H20ClN3O2. The molecule has 146 valence electrons. The van der Waals surface area contributed by atoms with Crippen LogP contribution in [0.1, 0.15) is 24.4 Å². The molecule has 0 aliphatic rings. The normalized spacial score (nSPS) is 11.8. The number of nitrogens with zero attached hydrogens (tertiary/aromatic N) is 2. The van der Waals surface area contributed by atoms with Crippen LogP contribution in [0.3, 0.4) is 0 Å². The van der Waals surface area contributed by atoms with Crippen molar-refractivity contribution in [1.82, 2.24) is 10.2 Å². The highest BCUT2D eigenvalue weighted by molar-refractivity contribution is 6.32. The lowest BCUT2D eigenvalue weighted by Gasteiger charge is -2.12. The fourth-order valence-corrected chi connectivity index (χ4v) is 2.98. The van der Waals surface area contributed by atoms with Crippen LogP contribution in [0.4, 0.5) is 5.69 Å². The molecular weight excluding hydrogens is 386 g/mol. The van der Waals surface area contributed by atoms with Crippen LogP contribution in [0, 0.1) is 6.92 Å². The van der Waals surface area contributed by atoms with Gasteiger partial charge in [-0.3, -0.25) is 0 Å². The van der Waals surface area contributed by atoms with Crippen molar-refractivity contribution in [3.8, 4) is 23.0 Å². The molecule has 1 N–H and O–H groups in total. The number of rotatable bonds is 6. The highest BCUT2D eigenvalue weighted by Crippen LogP contribution is 2.30. The fourth-order valence-electron chi connectivity index (χ4n) is 2.81. The number of ether oxygens (including phenoxy) is 1. The second kappa shape index (κ2) is 8.37. The molecule has 0 radical (unpaired) electrons. The van der Waals surface area contributed by atoms with E-state index >= 15 is 0 Å². The van der Waals surface area contributed by atoms with Gasteiger partial charge >= 0.3 is 0 Å². The molecule has 6 heteroatoms. The molecule has 4 aromatic rings.